The minimum atomic E-state index is -3.79. The lowest BCUT2D eigenvalue weighted by Gasteiger charge is -2.13. The van der Waals surface area contributed by atoms with E-state index in [0.29, 0.717) is 12.6 Å². The van der Waals surface area contributed by atoms with E-state index in [1.807, 2.05) is 0 Å². The number of rotatable bonds is 6. The van der Waals surface area contributed by atoms with E-state index >= 15 is 0 Å². The van der Waals surface area contributed by atoms with Gasteiger partial charge in [-0.2, -0.15) is 11.8 Å². The van der Waals surface area contributed by atoms with Crippen LogP contribution in [-0.4, -0.2) is 32.0 Å². The van der Waals surface area contributed by atoms with Gasteiger partial charge in [-0.3, -0.25) is 0 Å². The third kappa shape index (κ3) is 3.97. The molecule has 21 heavy (non-hydrogen) atoms. The fraction of sp³-hybridized carbons (Fsp3) is 0.571. The fourth-order valence-corrected chi connectivity index (χ4v) is 4.98. The van der Waals surface area contributed by atoms with E-state index in [-0.39, 0.29) is 10.9 Å². The molecule has 1 unspecified atom stereocenters. The molecule has 4 nitrogen and oxygen atoms in total. The van der Waals surface area contributed by atoms with Crippen molar-refractivity contribution in [3.63, 3.8) is 0 Å². The zero-order valence-corrected chi connectivity index (χ0v) is 13.3. The lowest BCUT2D eigenvalue weighted by Crippen LogP contribution is -2.35. The Kier molecular flexibility index (Phi) is 4.54. The standard InChI is InChI=1S/C14H19FN2O2S2/c15-13-4-1-10(8-16-11-2-3-11)7-14(13)21(18,19)17-12-5-6-20-9-12/h1,4,7,11-12,16-17H,2-3,5-6,8-9H2. The Labute approximate surface area is 128 Å². The Morgan fingerprint density at radius 1 is 1.24 bits per heavy atom. The summed E-state index contributed by atoms with van der Waals surface area (Å²) in [6.07, 6.45) is 3.12. The van der Waals surface area contributed by atoms with Crippen molar-refractivity contribution >= 4 is 21.8 Å². The Bertz CT molecular complexity index is 611. The van der Waals surface area contributed by atoms with Crippen LogP contribution in [0.3, 0.4) is 0 Å². The molecule has 0 spiro atoms. The molecule has 1 atom stereocenters. The number of hydrogen-bond acceptors (Lipinski definition) is 4. The zero-order valence-electron chi connectivity index (χ0n) is 11.6. The number of nitrogens with one attached hydrogen (secondary N) is 2. The van der Waals surface area contributed by atoms with E-state index in [9.17, 15) is 12.8 Å². The Hall–Kier alpha value is -0.630. The van der Waals surface area contributed by atoms with Gasteiger partial charge in [-0.05, 0) is 42.7 Å². The highest BCUT2D eigenvalue weighted by Gasteiger charge is 2.26. The molecule has 1 aromatic carbocycles. The molecule has 0 aromatic heterocycles. The molecule has 0 radical (unpaired) electrons. The van der Waals surface area contributed by atoms with Gasteiger partial charge in [0.25, 0.3) is 0 Å². The van der Waals surface area contributed by atoms with Gasteiger partial charge in [-0.1, -0.05) is 6.07 Å². The second-order valence-corrected chi connectivity index (χ2v) is 8.43. The first-order valence-corrected chi connectivity index (χ1v) is 9.80. The van der Waals surface area contributed by atoms with E-state index in [1.54, 1.807) is 17.8 Å². The van der Waals surface area contributed by atoms with Crippen LogP contribution in [0.15, 0.2) is 23.1 Å². The molecule has 3 rings (SSSR count). The molecule has 2 N–H and O–H groups in total. The Balaban J connectivity index is 1.76. The monoisotopic (exact) mass is 330 g/mol. The molecule has 1 saturated carbocycles. The molecule has 0 bridgehead atoms. The van der Waals surface area contributed by atoms with Crippen molar-refractivity contribution in [3.05, 3.63) is 29.6 Å². The van der Waals surface area contributed by atoms with Gasteiger partial charge < -0.3 is 5.32 Å². The summed E-state index contributed by atoms with van der Waals surface area (Å²) in [6.45, 7) is 0.576. The largest absolute Gasteiger partial charge is 0.310 e. The van der Waals surface area contributed by atoms with Crippen LogP contribution in [0.2, 0.25) is 0 Å². The van der Waals surface area contributed by atoms with Crippen LogP contribution in [0.25, 0.3) is 0 Å². The number of halogens is 1. The van der Waals surface area contributed by atoms with Gasteiger partial charge in [0.05, 0.1) is 0 Å². The van der Waals surface area contributed by atoms with E-state index in [4.69, 9.17) is 0 Å². The van der Waals surface area contributed by atoms with Gasteiger partial charge in [-0.15, -0.1) is 0 Å². The van der Waals surface area contributed by atoms with Crippen LogP contribution < -0.4 is 10.0 Å². The maximum atomic E-state index is 13.9. The second kappa shape index (κ2) is 6.24. The molecule has 116 valence electrons. The highest BCUT2D eigenvalue weighted by molar-refractivity contribution is 7.99. The SMILES string of the molecule is O=S(=O)(NC1CCSC1)c1cc(CNC2CC2)ccc1F. The molecule has 0 amide bonds. The van der Waals surface area contributed by atoms with E-state index < -0.39 is 15.8 Å². The van der Waals surface area contributed by atoms with Gasteiger partial charge in [0.2, 0.25) is 10.0 Å². The zero-order chi connectivity index (χ0) is 14.9. The molecule has 1 aliphatic heterocycles. The lowest BCUT2D eigenvalue weighted by atomic mass is 10.2. The number of thioether (sulfide) groups is 1. The predicted molar refractivity (Wildman–Crippen MR) is 82.3 cm³/mol. The van der Waals surface area contributed by atoms with Crippen LogP contribution >= 0.6 is 11.8 Å². The topological polar surface area (TPSA) is 58.2 Å². The van der Waals surface area contributed by atoms with Crippen molar-refractivity contribution in [1.29, 1.82) is 0 Å². The fourth-order valence-electron chi connectivity index (χ4n) is 2.32. The second-order valence-electron chi connectivity index (χ2n) is 5.60. The van der Waals surface area contributed by atoms with Crippen LogP contribution in [0.4, 0.5) is 4.39 Å². The molecule has 2 fully saturated rings. The Morgan fingerprint density at radius 2 is 2.05 bits per heavy atom. The molecule has 1 aliphatic carbocycles. The molecular formula is C14H19FN2O2S2. The van der Waals surface area contributed by atoms with Crippen LogP contribution in [0, 0.1) is 5.82 Å². The average molecular weight is 330 g/mol. The quantitative estimate of drug-likeness (QED) is 0.836. The number of benzene rings is 1. The van der Waals surface area contributed by atoms with Crippen molar-refractivity contribution in [2.24, 2.45) is 0 Å². The summed E-state index contributed by atoms with van der Waals surface area (Å²) in [5.41, 5.74) is 0.796. The van der Waals surface area contributed by atoms with Crippen molar-refractivity contribution in [3.8, 4) is 0 Å². The van der Waals surface area contributed by atoms with E-state index in [0.717, 1.165) is 36.3 Å². The van der Waals surface area contributed by atoms with Gasteiger partial charge in [0.15, 0.2) is 0 Å². The molecule has 1 aromatic rings. The van der Waals surface area contributed by atoms with Crippen LogP contribution in [0.5, 0.6) is 0 Å². The lowest BCUT2D eigenvalue weighted by molar-refractivity contribution is 0.543. The first kappa shape index (κ1) is 15.3. The Morgan fingerprint density at radius 3 is 2.71 bits per heavy atom. The van der Waals surface area contributed by atoms with Crippen molar-refractivity contribution < 1.29 is 12.8 Å². The third-order valence-corrected chi connectivity index (χ3v) is 6.41. The van der Waals surface area contributed by atoms with Gasteiger partial charge >= 0.3 is 0 Å². The molecule has 7 heteroatoms. The minimum Gasteiger partial charge on any atom is -0.310 e. The highest BCUT2D eigenvalue weighted by Crippen LogP contribution is 2.23. The van der Waals surface area contributed by atoms with Crippen molar-refractivity contribution in [2.45, 2.75) is 42.8 Å². The first-order chi connectivity index (χ1) is 10.0. The summed E-state index contributed by atoms with van der Waals surface area (Å²) < 4.78 is 41.2. The summed E-state index contributed by atoms with van der Waals surface area (Å²) in [5.74, 6) is 1.01. The van der Waals surface area contributed by atoms with Gasteiger partial charge in [0.1, 0.15) is 10.7 Å². The minimum absolute atomic E-state index is 0.0901. The average Bonchev–Trinajstić information content (AvgIpc) is 3.14. The molecule has 1 heterocycles. The van der Waals surface area contributed by atoms with Crippen molar-refractivity contribution in [2.75, 3.05) is 11.5 Å². The number of sulfonamides is 1. The van der Waals surface area contributed by atoms with Crippen molar-refractivity contribution in [1.82, 2.24) is 10.0 Å². The maximum Gasteiger partial charge on any atom is 0.243 e. The summed E-state index contributed by atoms with van der Waals surface area (Å²) >= 11 is 1.71. The van der Waals surface area contributed by atoms with E-state index in [1.165, 1.54) is 12.1 Å². The molecular weight excluding hydrogens is 311 g/mol. The summed E-state index contributed by atoms with van der Waals surface area (Å²) in [5, 5.41) is 3.30. The van der Waals surface area contributed by atoms with Gasteiger partial charge in [-0.25, -0.2) is 17.5 Å². The predicted octanol–water partition coefficient (Wildman–Crippen LogP) is 1.86. The normalized spacial score (nSPS) is 22.6. The van der Waals surface area contributed by atoms with Gasteiger partial charge in [0, 0.05) is 24.4 Å². The molecule has 1 saturated heterocycles. The maximum absolute atomic E-state index is 13.9. The summed E-state index contributed by atoms with van der Waals surface area (Å²) in [7, 11) is -3.79. The highest BCUT2D eigenvalue weighted by atomic mass is 32.2. The smallest absolute Gasteiger partial charge is 0.243 e. The number of hydrogen-bond donors (Lipinski definition) is 2. The summed E-state index contributed by atoms with van der Waals surface area (Å²) in [6, 6.07) is 4.75. The first-order valence-electron chi connectivity index (χ1n) is 7.16. The third-order valence-electron chi connectivity index (χ3n) is 3.71. The van der Waals surface area contributed by atoms with E-state index in [2.05, 4.69) is 10.0 Å². The van der Waals surface area contributed by atoms with Crippen LogP contribution in [-0.2, 0) is 16.6 Å². The van der Waals surface area contributed by atoms with Crippen LogP contribution in [0.1, 0.15) is 24.8 Å². The summed E-state index contributed by atoms with van der Waals surface area (Å²) in [4.78, 5) is -0.241. The molecule has 2 aliphatic rings.